The molecule has 0 fully saturated rings. The van der Waals surface area contributed by atoms with Crippen molar-refractivity contribution in [3.05, 3.63) is 34.7 Å². The summed E-state index contributed by atoms with van der Waals surface area (Å²) >= 11 is 1.99. The minimum absolute atomic E-state index is 0.109. The van der Waals surface area contributed by atoms with Crippen molar-refractivity contribution < 1.29 is 22.7 Å². The van der Waals surface area contributed by atoms with E-state index in [1.54, 1.807) is 44.4 Å². The number of esters is 1. The number of thioether (sulfide) groups is 1. The first-order valence-electron chi connectivity index (χ1n) is 7.42. The molecule has 2 aromatic rings. The van der Waals surface area contributed by atoms with Crippen LogP contribution in [-0.4, -0.2) is 22.3 Å². The molecule has 0 spiro atoms. The second-order valence-corrected chi connectivity index (χ2v) is 8.11. The van der Waals surface area contributed by atoms with Gasteiger partial charge in [-0.05, 0) is 38.3 Å². The molecule has 0 saturated heterocycles. The molecule has 138 valence electrons. The van der Waals surface area contributed by atoms with Crippen molar-refractivity contribution in [3.63, 3.8) is 0 Å². The summed E-state index contributed by atoms with van der Waals surface area (Å²) in [5.74, 6) is -0.840. The molecule has 0 saturated carbocycles. The lowest BCUT2D eigenvalue weighted by Crippen LogP contribution is -2.25. The van der Waals surface area contributed by atoms with E-state index in [4.69, 9.17) is 4.74 Å². The van der Waals surface area contributed by atoms with Gasteiger partial charge in [-0.3, -0.25) is 4.79 Å². The van der Waals surface area contributed by atoms with Crippen LogP contribution in [-0.2, 0) is 15.7 Å². The van der Waals surface area contributed by atoms with Crippen molar-refractivity contribution in [3.8, 4) is 16.6 Å². The maximum absolute atomic E-state index is 13.4. The molecule has 0 unspecified atom stereocenters. The Morgan fingerprint density at radius 3 is 2.58 bits per heavy atom. The molecule has 0 amide bonds. The Morgan fingerprint density at radius 1 is 1.38 bits per heavy atom. The second-order valence-electron chi connectivity index (χ2n) is 6.20. The molecule has 0 radical (unpaired) electrons. The van der Waals surface area contributed by atoms with Gasteiger partial charge in [0.2, 0.25) is 0 Å². The predicted octanol–water partition coefficient (Wildman–Crippen LogP) is 5.13. The highest BCUT2D eigenvalue weighted by molar-refractivity contribution is 7.99. The van der Waals surface area contributed by atoms with Crippen molar-refractivity contribution in [1.82, 2.24) is 4.98 Å². The van der Waals surface area contributed by atoms with Crippen molar-refractivity contribution in [2.24, 2.45) is 0 Å². The van der Waals surface area contributed by atoms with Gasteiger partial charge >= 0.3 is 12.1 Å². The summed E-state index contributed by atoms with van der Waals surface area (Å²) in [6.45, 7) is 5.06. The first-order valence-corrected chi connectivity index (χ1v) is 9.28. The van der Waals surface area contributed by atoms with E-state index >= 15 is 0 Å². The van der Waals surface area contributed by atoms with Crippen LogP contribution < -0.4 is 0 Å². The fourth-order valence-electron chi connectivity index (χ4n) is 2.01. The summed E-state index contributed by atoms with van der Waals surface area (Å²) in [4.78, 5) is 16.6. The molecule has 2 aromatic heterocycles. The average molecular weight is 400 g/mol. The lowest BCUT2D eigenvalue weighted by molar-refractivity contribution is -0.151. The highest BCUT2D eigenvalue weighted by atomic mass is 32.2. The van der Waals surface area contributed by atoms with E-state index in [1.165, 1.54) is 11.3 Å². The zero-order chi connectivity index (χ0) is 19.5. The molecule has 9 heteroatoms. The molecule has 0 N–H and O–H groups in total. The zero-order valence-corrected chi connectivity index (χ0v) is 15.8. The van der Waals surface area contributed by atoms with Gasteiger partial charge in [-0.2, -0.15) is 18.4 Å². The van der Waals surface area contributed by atoms with E-state index in [-0.39, 0.29) is 16.5 Å². The fourth-order valence-corrected chi connectivity index (χ4v) is 3.47. The number of pyridine rings is 1. The summed E-state index contributed by atoms with van der Waals surface area (Å²) in [5, 5.41) is 10.8. The van der Waals surface area contributed by atoms with Crippen LogP contribution in [0.2, 0.25) is 0 Å². The van der Waals surface area contributed by atoms with E-state index in [1.807, 2.05) is 0 Å². The lowest BCUT2D eigenvalue weighted by Gasteiger charge is -2.19. The highest BCUT2D eigenvalue weighted by Crippen LogP contribution is 2.38. The van der Waals surface area contributed by atoms with Gasteiger partial charge in [-0.25, -0.2) is 4.98 Å². The molecule has 2 heterocycles. The number of carbonyl (C=O) groups is 1. The van der Waals surface area contributed by atoms with Crippen molar-refractivity contribution in [2.75, 3.05) is 5.75 Å². The SMILES string of the molecule is CC(C)(C)OC(=O)CSc1nc(-c2cccs2)cc(C(F)(F)F)c1C#N. The molecule has 2 rings (SSSR count). The number of halogens is 3. The normalized spacial score (nSPS) is 11.9. The van der Waals surface area contributed by atoms with Crippen LogP contribution in [0.15, 0.2) is 28.6 Å². The minimum Gasteiger partial charge on any atom is -0.459 e. The average Bonchev–Trinajstić information content (AvgIpc) is 3.03. The highest BCUT2D eigenvalue weighted by Gasteiger charge is 2.36. The van der Waals surface area contributed by atoms with Crippen LogP contribution in [0, 0.1) is 11.3 Å². The van der Waals surface area contributed by atoms with E-state index in [9.17, 15) is 23.2 Å². The molecule has 0 aliphatic rings. The van der Waals surface area contributed by atoms with Gasteiger partial charge in [0.1, 0.15) is 16.7 Å². The van der Waals surface area contributed by atoms with E-state index in [0.29, 0.717) is 4.88 Å². The number of hydrogen-bond acceptors (Lipinski definition) is 6. The van der Waals surface area contributed by atoms with Gasteiger partial charge in [0.25, 0.3) is 0 Å². The van der Waals surface area contributed by atoms with Crippen molar-refractivity contribution in [2.45, 2.75) is 37.6 Å². The van der Waals surface area contributed by atoms with Gasteiger partial charge in [0, 0.05) is 0 Å². The Hall–Kier alpha value is -2.05. The summed E-state index contributed by atoms with van der Waals surface area (Å²) < 4.78 is 45.3. The van der Waals surface area contributed by atoms with Gasteiger partial charge in [0.15, 0.2) is 0 Å². The maximum atomic E-state index is 13.4. The third kappa shape index (κ3) is 5.22. The Kier molecular flexibility index (Phi) is 5.98. The van der Waals surface area contributed by atoms with Gasteiger partial charge < -0.3 is 4.74 Å². The summed E-state index contributed by atoms with van der Waals surface area (Å²) in [6, 6.07) is 5.76. The smallest absolute Gasteiger partial charge is 0.417 e. The standard InChI is InChI=1S/C17H15F3N2O2S2/c1-16(2,3)24-14(23)9-26-15-10(8-21)11(17(18,19)20)7-12(22-15)13-5-4-6-25-13/h4-7H,9H2,1-3H3. The molecule has 0 bridgehead atoms. The molecule has 0 atom stereocenters. The molecule has 0 aromatic carbocycles. The molecule has 0 aliphatic carbocycles. The molecular weight excluding hydrogens is 385 g/mol. The van der Waals surface area contributed by atoms with Crippen molar-refractivity contribution >= 4 is 29.1 Å². The van der Waals surface area contributed by atoms with Crippen LogP contribution in [0.1, 0.15) is 31.9 Å². The lowest BCUT2D eigenvalue weighted by atomic mass is 10.1. The predicted molar refractivity (Wildman–Crippen MR) is 93.8 cm³/mol. The zero-order valence-electron chi connectivity index (χ0n) is 14.2. The first-order chi connectivity index (χ1) is 12.0. The Morgan fingerprint density at radius 2 is 2.08 bits per heavy atom. The summed E-state index contributed by atoms with van der Waals surface area (Å²) in [6.07, 6.45) is -4.71. The third-order valence-corrected chi connectivity index (χ3v) is 4.77. The van der Waals surface area contributed by atoms with E-state index < -0.39 is 28.9 Å². The third-order valence-electron chi connectivity index (χ3n) is 2.92. The second kappa shape index (κ2) is 7.68. The number of ether oxygens (including phenoxy) is 1. The molecular formula is C17H15F3N2O2S2. The van der Waals surface area contributed by atoms with Crippen LogP contribution >= 0.6 is 23.1 Å². The molecule has 0 aliphatic heterocycles. The molecule has 4 nitrogen and oxygen atoms in total. The monoisotopic (exact) mass is 400 g/mol. The van der Waals surface area contributed by atoms with E-state index in [2.05, 4.69) is 4.98 Å². The number of rotatable bonds is 4. The summed E-state index contributed by atoms with van der Waals surface area (Å²) in [7, 11) is 0. The molecule has 26 heavy (non-hydrogen) atoms. The first kappa shape index (κ1) is 20.3. The van der Waals surface area contributed by atoms with Crippen LogP contribution in [0.25, 0.3) is 10.6 Å². The number of alkyl halides is 3. The Labute approximate surface area is 157 Å². The summed E-state index contributed by atoms with van der Waals surface area (Å²) in [5.41, 5.74) is -2.26. The quantitative estimate of drug-likeness (QED) is 0.526. The number of nitrogens with zero attached hydrogens (tertiary/aromatic N) is 2. The van der Waals surface area contributed by atoms with Crippen LogP contribution in [0.5, 0.6) is 0 Å². The fraction of sp³-hybridized carbons (Fsp3) is 0.353. The number of hydrogen-bond donors (Lipinski definition) is 0. The van der Waals surface area contributed by atoms with Crippen molar-refractivity contribution in [1.29, 1.82) is 5.26 Å². The van der Waals surface area contributed by atoms with Crippen LogP contribution in [0.4, 0.5) is 13.2 Å². The number of thiophene rings is 1. The van der Waals surface area contributed by atoms with Gasteiger partial charge in [-0.1, -0.05) is 17.8 Å². The number of aromatic nitrogens is 1. The Bertz CT molecular complexity index is 835. The van der Waals surface area contributed by atoms with E-state index in [0.717, 1.165) is 17.8 Å². The topological polar surface area (TPSA) is 63.0 Å². The number of nitriles is 1. The maximum Gasteiger partial charge on any atom is 0.417 e. The number of carbonyl (C=O) groups excluding carboxylic acids is 1. The Balaban J connectivity index is 2.42. The van der Waals surface area contributed by atoms with Crippen LogP contribution in [0.3, 0.4) is 0 Å². The van der Waals surface area contributed by atoms with Gasteiger partial charge in [0.05, 0.1) is 27.5 Å². The minimum atomic E-state index is -4.71. The van der Waals surface area contributed by atoms with Gasteiger partial charge in [-0.15, -0.1) is 11.3 Å². The largest absolute Gasteiger partial charge is 0.459 e.